The molecule has 19 heavy (non-hydrogen) atoms. The lowest BCUT2D eigenvalue weighted by Crippen LogP contribution is -2.46. The maximum atomic E-state index is 13.1. The molecular formula is C13H19FN2O2S. The van der Waals surface area contributed by atoms with E-state index in [9.17, 15) is 12.8 Å². The lowest BCUT2D eigenvalue weighted by Gasteiger charge is -2.26. The Hall–Kier alpha value is -1.14. The van der Waals surface area contributed by atoms with Crippen molar-refractivity contribution in [2.45, 2.75) is 12.5 Å². The third kappa shape index (κ3) is 4.18. The van der Waals surface area contributed by atoms with Gasteiger partial charge < -0.3 is 10.2 Å². The van der Waals surface area contributed by atoms with Gasteiger partial charge in [0.2, 0.25) is 0 Å². The van der Waals surface area contributed by atoms with E-state index in [1.54, 1.807) is 6.07 Å². The van der Waals surface area contributed by atoms with Gasteiger partial charge in [-0.05, 0) is 24.6 Å². The monoisotopic (exact) mass is 286 g/mol. The predicted octanol–water partition coefficient (Wildman–Crippen LogP) is 1.04. The summed E-state index contributed by atoms with van der Waals surface area (Å²) in [4.78, 5) is 1.94. The number of halogens is 1. The second-order valence-corrected chi connectivity index (χ2v) is 7.18. The van der Waals surface area contributed by atoms with Gasteiger partial charge in [0.1, 0.15) is 5.82 Å². The Bertz CT molecular complexity index is 533. The van der Waals surface area contributed by atoms with Gasteiger partial charge in [-0.1, -0.05) is 6.07 Å². The van der Waals surface area contributed by atoms with Crippen LogP contribution in [0.1, 0.15) is 6.42 Å². The number of rotatable bonds is 4. The minimum Gasteiger partial charge on any atom is -0.374 e. The standard InChI is InChI=1S/C13H19FN2O2S/c1-16(13-4-2-3-11(14)9-13)7-5-12-10-19(17,18)8-6-15-12/h2-4,9,12,15H,5-8,10H2,1H3. The maximum absolute atomic E-state index is 13.1. The van der Waals surface area contributed by atoms with E-state index < -0.39 is 9.84 Å². The van der Waals surface area contributed by atoms with E-state index in [0.29, 0.717) is 13.1 Å². The molecule has 1 aliphatic heterocycles. The molecule has 1 heterocycles. The fourth-order valence-corrected chi connectivity index (χ4v) is 3.74. The zero-order valence-corrected chi connectivity index (χ0v) is 11.8. The molecule has 1 aromatic carbocycles. The first kappa shape index (κ1) is 14.3. The Morgan fingerprint density at radius 2 is 2.26 bits per heavy atom. The summed E-state index contributed by atoms with van der Waals surface area (Å²) in [6.45, 7) is 1.22. The summed E-state index contributed by atoms with van der Waals surface area (Å²) in [7, 11) is -1.01. The van der Waals surface area contributed by atoms with Crippen LogP contribution in [-0.4, -0.2) is 46.1 Å². The minimum absolute atomic E-state index is 0.00485. The van der Waals surface area contributed by atoms with Crippen LogP contribution in [0.15, 0.2) is 24.3 Å². The van der Waals surface area contributed by atoms with E-state index in [0.717, 1.165) is 12.1 Å². The largest absolute Gasteiger partial charge is 0.374 e. The van der Waals surface area contributed by atoms with Crippen molar-refractivity contribution in [2.75, 3.05) is 36.5 Å². The number of hydrogen-bond acceptors (Lipinski definition) is 4. The molecule has 0 spiro atoms. The van der Waals surface area contributed by atoms with Gasteiger partial charge in [-0.15, -0.1) is 0 Å². The first-order valence-corrected chi connectivity index (χ1v) is 8.19. The van der Waals surface area contributed by atoms with E-state index in [4.69, 9.17) is 0 Å². The number of nitrogens with zero attached hydrogens (tertiary/aromatic N) is 1. The van der Waals surface area contributed by atoms with Gasteiger partial charge in [-0.2, -0.15) is 0 Å². The molecule has 2 rings (SSSR count). The lowest BCUT2D eigenvalue weighted by atomic mass is 10.2. The van der Waals surface area contributed by atoms with Crippen LogP contribution in [0.25, 0.3) is 0 Å². The summed E-state index contributed by atoms with van der Waals surface area (Å²) < 4.78 is 36.1. The SMILES string of the molecule is CN(CCC1CS(=O)(=O)CCN1)c1cccc(F)c1. The Kier molecular flexibility index (Phi) is 4.42. The molecule has 6 heteroatoms. The molecule has 1 unspecified atom stereocenters. The van der Waals surface area contributed by atoms with E-state index in [2.05, 4.69) is 5.32 Å². The first-order chi connectivity index (χ1) is 8.96. The number of anilines is 1. The van der Waals surface area contributed by atoms with Gasteiger partial charge in [0, 0.05) is 31.9 Å². The molecule has 1 saturated heterocycles. The topological polar surface area (TPSA) is 49.4 Å². The summed E-state index contributed by atoms with van der Waals surface area (Å²) in [5.74, 6) is 0.162. The van der Waals surface area contributed by atoms with Gasteiger partial charge in [0.25, 0.3) is 0 Å². The fraction of sp³-hybridized carbons (Fsp3) is 0.538. The Labute approximate surface area is 113 Å². The van der Waals surface area contributed by atoms with Gasteiger partial charge in [-0.3, -0.25) is 0 Å². The van der Waals surface area contributed by atoms with Crippen molar-refractivity contribution in [3.63, 3.8) is 0 Å². The smallest absolute Gasteiger partial charge is 0.153 e. The Morgan fingerprint density at radius 1 is 1.47 bits per heavy atom. The fourth-order valence-electron chi connectivity index (χ4n) is 2.24. The van der Waals surface area contributed by atoms with E-state index in [-0.39, 0.29) is 23.4 Å². The average Bonchev–Trinajstić information content (AvgIpc) is 2.35. The third-order valence-electron chi connectivity index (χ3n) is 3.36. The van der Waals surface area contributed by atoms with Crippen LogP contribution in [0, 0.1) is 5.82 Å². The molecule has 0 bridgehead atoms. The van der Waals surface area contributed by atoms with Crippen molar-refractivity contribution < 1.29 is 12.8 Å². The summed E-state index contributed by atoms with van der Waals surface area (Å²) in [5, 5.41) is 3.21. The normalized spacial score (nSPS) is 22.1. The number of hydrogen-bond donors (Lipinski definition) is 1. The van der Waals surface area contributed by atoms with Crippen molar-refractivity contribution in [1.29, 1.82) is 0 Å². The van der Waals surface area contributed by atoms with Crippen molar-refractivity contribution in [1.82, 2.24) is 5.32 Å². The molecule has 0 radical (unpaired) electrons. The molecular weight excluding hydrogens is 267 g/mol. The molecule has 0 saturated carbocycles. The molecule has 1 aromatic rings. The van der Waals surface area contributed by atoms with E-state index >= 15 is 0 Å². The zero-order valence-electron chi connectivity index (χ0n) is 11.0. The van der Waals surface area contributed by atoms with Crippen LogP contribution < -0.4 is 10.2 Å². The molecule has 1 N–H and O–H groups in total. The highest BCUT2D eigenvalue weighted by Crippen LogP contribution is 2.15. The van der Waals surface area contributed by atoms with Gasteiger partial charge in [0.15, 0.2) is 9.84 Å². The van der Waals surface area contributed by atoms with Gasteiger partial charge in [0.05, 0.1) is 11.5 Å². The number of benzene rings is 1. The van der Waals surface area contributed by atoms with Crippen LogP contribution in [-0.2, 0) is 9.84 Å². The Morgan fingerprint density at radius 3 is 2.95 bits per heavy atom. The summed E-state index contributed by atoms with van der Waals surface area (Å²) >= 11 is 0. The quantitative estimate of drug-likeness (QED) is 0.898. The number of sulfone groups is 1. The second-order valence-electron chi connectivity index (χ2n) is 4.96. The minimum atomic E-state index is -2.89. The predicted molar refractivity (Wildman–Crippen MR) is 74.7 cm³/mol. The van der Waals surface area contributed by atoms with Crippen LogP contribution in [0.3, 0.4) is 0 Å². The number of nitrogens with one attached hydrogen (secondary N) is 1. The molecule has 1 atom stereocenters. The summed E-state index contributed by atoms with van der Waals surface area (Å²) in [5.41, 5.74) is 0.804. The molecule has 4 nitrogen and oxygen atoms in total. The van der Waals surface area contributed by atoms with E-state index in [1.165, 1.54) is 12.1 Å². The highest BCUT2D eigenvalue weighted by Gasteiger charge is 2.24. The maximum Gasteiger partial charge on any atom is 0.153 e. The molecule has 1 fully saturated rings. The first-order valence-electron chi connectivity index (χ1n) is 6.37. The summed E-state index contributed by atoms with van der Waals surface area (Å²) in [6, 6.07) is 6.39. The highest BCUT2D eigenvalue weighted by atomic mass is 32.2. The summed E-state index contributed by atoms with van der Waals surface area (Å²) in [6.07, 6.45) is 0.728. The zero-order chi connectivity index (χ0) is 13.9. The van der Waals surface area contributed by atoms with Crippen LogP contribution in [0.5, 0.6) is 0 Å². The lowest BCUT2D eigenvalue weighted by molar-refractivity contribution is 0.495. The third-order valence-corrected chi connectivity index (χ3v) is 5.10. The molecule has 106 valence electrons. The van der Waals surface area contributed by atoms with Crippen LogP contribution in [0.4, 0.5) is 10.1 Å². The molecule has 0 amide bonds. The average molecular weight is 286 g/mol. The van der Waals surface area contributed by atoms with Crippen LogP contribution >= 0.6 is 0 Å². The van der Waals surface area contributed by atoms with Crippen molar-refractivity contribution in [2.24, 2.45) is 0 Å². The Balaban J connectivity index is 1.88. The van der Waals surface area contributed by atoms with Crippen molar-refractivity contribution in [3.8, 4) is 0 Å². The second kappa shape index (κ2) is 5.88. The molecule has 0 aromatic heterocycles. The highest BCUT2D eigenvalue weighted by molar-refractivity contribution is 7.91. The van der Waals surface area contributed by atoms with Crippen LogP contribution in [0.2, 0.25) is 0 Å². The van der Waals surface area contributed by atoms with E-state index in [1.807, 2.05) is 18.0 Å². The van der Waals surface area contributed by atoms with Gasteiger partial charge >= 0.3 is 0 Å². The van der Waals surface area contributed by atoms with Gasteiger partial charge in [-0.25, -0.2) is 12.8 Å². The molecule has 0 aliphatic carbocycles. The van der Waals surface area contributed by atoms with Crippen molar-refractivity contribution in [3.05, 3.63) is 30.1 Å². The van der Waals surface area contributed by atoms with Crippen molar-refractivity contribution >= 4 is 15.5 Å². The molecule has 1 aliphatic rings.